The Labute approximate surface area is 84.4 Å². The monoisotopic (exact) mass is 198 g/mol. The summed E-state index contributed by atoms with van der Waals surface area (Å²) in [6.07, 6.45) is 3.09. The van der Waals surface area contributed by atoms with Crippen molar-refractivity contribution in [3.05, 3.63) is 16.1 Å². The Kier molecular flexibility index (Phi) is 4.39. The van der Waals surface area contributed by atoms with E-state index in [2.05, 4.69) is 31.1 Å². The lowest BCUT2D eigenvalue weighted by atomic mass is 10.2. The average Bonchev–Trinajstić information content (AvgIpc) is 2.45. The van der Waals surface area contributed by atoms with Gasteiger partial charge >= 0.3 is 0 Å². The van der Waals surface area contributed by atoms with E-state index < -0.39 is 0 Å². The zero-order chi connectivity index (χ0) is 9.68. The molecule has 0 radical (unpaired) electrons. The molecule has 0 amide bonds. The number of nitrogens with one attached hydrogen (secondary N) is 1. The SMILES string of the molecule is Cc1ncc(CCNCC(C)C)s1. The highest BCUT2D eigenvalue weighted by Gasteiger charge is 1.97. The van der Waals surface area contributed by atoms with E-state index in [0.29, 0.717) is 0 Å². The second-order valence-corrected chi connectivity index (χ2v) is 5.01. The van der Waals surface area contributed by atoms with Gasteiger partial charge in [0.1, 0.15) is 0 Å². The number of hydrogen-bond donors (Lipinski definition) is 1. The molecule has 1 N–H and O–H groups in total. The third-order valence-electron chi connectivity index (χ3n) is 1.77. The first-order chi connectivity index (χ1) is 6.18. The zero-order valence-electron chi connectivity index (χ0n) is 8.63. The van der Waals surface area contributed by atoms with Crippen LogP contribution in [-0.4, -0.2) is 18.1 Å². The molecule has 0 aliphatic rings. The van der Waals surface area contributed by atoms with Crippen LogP contribution in [0.5, 0.6) is 0 Å². The van der Waals surface area contributed by atoms with Crippen molar-refractivity contribution in [1.82, 2.24) is 10.3 Å². The average molecular weight is 198 g/mol. The number of hydrogen-bond acceptors (Lipinski definition) is 3. The van der Waals surface area contributed by atoms with Gasteiger partial charge in [0.25, 0.3) is 0 Å². The third kappa shape index (κ3) is 4.39. The molecule has 0 saturated heterocycles. The van der Waals surface area contributed by atoms with Crippen molar-refractivity contribution in [2.45, 2.75) is 27.2 Å². The molecule has 13 heavy (non-hydrogen) atoms. The van der Waals surface area contributed by atoms with Crippen molar-refractivity contribution < 1.29 is 0 Å². The Balaban J connectivity index is 2.13. The topological polar surface area (TPSA) is 24.9 Å². The minimum absolute atomic E-state index is 0.739. The van der Waals surface area contributed by atoms with Crippen LogP contribution in [0.4, 0.5) is 0 Å². The summed E-state index contributed by atoms with van der Waals surface area (Å²) < 4.78 is 0. The van der Waals surface area contributed by atoms with Gasteiger partial charge in [-0.25, -0.2) is 4.98 Å². The molecule has 0 bridgehead atoms. The molecule has 1 rings (SSSR count). The van der Waals surface area contributed by atoms with Crippen LogP contribution in [0.15, 0.2) is 6.20 Å². The molecular formula is C10H18N2S. The van der Waals surface area contributed by atoms with E-state index in [-0.39, 0.29) is 0 Å². The molecule has 1 heterocycles. The molecule has 3 heteroatoms. The van der Waals surface area contributed by atoms with Crippen LogP contribution in [0.25, 0.3) is 0 Å². The summed E-state index contributed by atoms with van der Waals surface area (Å²) in [5.41, 5.74) is 0. The van der Waals surface area contributed by atoms with E-state index >= 15 is 0 Å². The van der Waals surface area contributed by atoms with E-state index in [9.17, 15) is 0 Å². The molecule has 0 fully saturated rings. The number of aryl methyl sites for hydroxylation is 1. The molecule has 0 aliphatic carbocycles. The molecule has 2 nitrogen and oxygen atoms in total. The van der Waals surface area contributed by atoms with Gasteiger partial charge in [-0.15, -0.1) is 11.3 Å². The molecule has 0 unspecified atom stereocenters. The highest BCUT2D eigenvalue weighted by atomic mass is 32.1. The van der Waals surface area contributed by atoms with Gasteiger partial charge in [-0.3, -0.25) is 0 Å². The zero-order valence-corrected chi connectivity index (χ0v) is 9.45. The first-order valence-corrected chi connectivity index (χ1v) is 5.62. The van der Waals surface area contributed by atoms with Crippen LogP contribution >= 0.6 is 11.3 Å². The fourth-order valence-electron chi connectivity index (χ4n) is 1.12. The Morgan fingerprint density at radius 3 is 2.85 bits per heavy atom. The van der Waals surface area contributed by atoms with E-state index in [1.165, 1.54) is 9.88 Å². The number of aromatic nitrogens is 1. The van der Waals surface area contributed by atoms with E-state index in [1.54, 1.807) is 11.3 Å². The summed E-state index contributed by atoms with van der Waals surface area (Å²) in [5, 5.41) is 4.59. The summed E-state index contributed by atoms with van der Waals surface area (Å²) >= 11 is 1.80. The van der Waals surface area contributed by atoms with Crippen molar-refractivity contribution in [2.75, 3.05) is 13.1 Å². The fraction of sp³-hybridized carbons (Fsp3) is 0.700. The van der Waals surface area contributed by atoms with Crippen LogP contribution in [-0.2, 0) is 6.42 Å². The number of rotatable bonds is 5. The van der Waals surface area contributed by atoms with Crippen molar-refractivity contribution >= 4 is 11.3 Å². The summed E-state index contributed by atoms with van der Waals surface area (Å²) in [6.45, 7) is 8.68. The second kappa shape index (κ2) is 5.35. The minimum atomic E-state index is 0.739. The van der Waals surface area contributed by atoms with Gasteiger partial charge in [-0.2, -0.15) is 0 Å². The predicted molar refractivity (Wildman–Crippen MR) is 58.3 cm³/mol. The lowest BCUT2D eigenvalue weighted by Gasteiger charge is -2.05. The van der Waals surface area contributed by atoms with E-state index in [4.69, 9.17) is 0 Å². The van der Waals surface area contributed by atoms with Gasteiger partial charge in [-0.05, 0) is 25.8 Å². The fourth-order valence-corrected chi connectivity index (χ4v) is 1.92. The largest absolute Gasteiger partial charge is 0.316 e. The number of nitrogens with zero attached hydrogens (tertiary/aromatic N) is 1. The highest BCUT2D eigenvalue weighted by Crippen LogP contribution is 2.11. The molecule has 0 saturated carbocycles. The van der Waals surface area contributed by atoms with E-state index in [1.807, 2.05) is 6.20 Å². The van der Waals surface area contributed by atoms with E-state index in [0.717, 1.165) is 25.4 Å². The molecule has 0 atom stereocenters. The van der Waals surface area contributed by atoms with Crippen molar-refractivity contribution in [3.8, 4) is 0 Å². The van der Waals surface area contributed by atoms with Gasteiger partial charge in [0.15, 0.2) is 0 Å². The van der Waals surface area contributed by atoms with Crippen LogP contribution in [0, 0.1) is 12.8 Å². The highest BCUT2D eigenvalue weighted by molar-refractivity contribution is 7.11. The molecule has 0 aliphatic heterocycles. The quantitative estimate of drug-likeness (QED) is 0.734. The summed E-state index contributed by atoms with van der Waals surface area (Å²) in [6, 6.07) is 0. The molecule has 0 spiro atoms. The van der Waals surface area contributed by atoms with Crippen LogP contribution in [0.1, 0.15) is 23.7 Å². The Morgan fingerprint density at radius 2 is 2.31 bits per heavy atom. The van der Waals surface area contributed by atoms with Gasteiger partial charge in [0.2, 0.25) is 0 Å². The Hall–Kier alpha value is -0.410. The van der Waals surface area contributed by atoms with Gasteiger partial charge in [0, 0.05) is 17.6 Å². The smallest absolute Gasteiger partial charge is 0.0896 e. The Bertz CT molecular complexity index is 243. The third-order valence-corrected chi connectivity index (χ3v) is 2.74. The number of thiazole rings is 1. The summed E-state index contributed by atoms with van der Waals surface area (Å²) in [7, 11) is 0. The summed E-state index contributed by atoms with van der Waals surface area (Å²) in [5.74, 6) is 0.739. The first kappa shape index (κ1) is 10.7. The molecular weight excluding hydrogens is 180 g/mol. The van der Waals surface area contributed by atoms with Gasteiger partial charge in [0.05, 0.1) is 5.01 Å². The normalized spacial score (nSPS) is 11.1. The maximum absolute atomic E-state index is 4.22. The molecule has 1 aromatic heterocycles. The molecule has 1 aromatic rings. The standard InChI is InChI=1S/C10H18N2S/c1-8(2)6-11-5-4-10-7-12-9(3)13-10/h7-8,11H,4-6H2,1-3H3. The lowest BCUT2D eigenvalue weighted by molar-refractivity contribution is 0.555. The minimum Gasteiger partial charge on any atom is -0.316 e. The van der Waals surface area contributed by atoms with Crippen LogP contribution < -0.4 is 5.32 Å². The van der Waals surface area contributed by atoms with Crippen molar-refractivity contribution in [2.24, 2.45) is 5.92 Å². The van der Waals surface area contributed by atoms with Crippen molar-refractivity contribution in [3.63, 3.8) is 0 Å². The van der Waals surface area contributed by atoms with Gasteiger partial charge in [-0.1, -0.05) is 13.8 Å². The molecule has 74 valence electrons. The maximum atomic E-state index is 4.22. The second-order valence-electron chi connectivity index (χ2n) is 3.69. The first-order valence-electron chi connectivity index (χ1n) is 4.80. The summed E-state index contributed by atoms with van der Waals surface area (Å²) in [4.78, 5) is 5.60. The lowest BCUT2D eigenvalue weighted by Crippen LogP contribution is -2.21. The molecule has 0 aromatic carbocycles. The van der Waals surface area contributed by atoms with Crippen LogP contribution in [0.2, 0.25) is 0 Å². The predicted octanol–water partition coefficient (Wildman–Crippen LogP) is 2.24. The van der Waals surface area contributed by atoms with Gasteiger partial charge < -0.3 is 5.32 Å². The Morgan fingerprint density at radius 1 is 1.54 bits per heavy atom. The van der Waals surface area contributed by atoms with Crippen LogP contribution in [0.3, 0.4) is 0 Å². The maximum Gasteiger partial charge on any atom is 0.0896 e. The van der Waals surface area contributed by atoms with Crippen molar-refractivity contribution in [1.29, 1.82) is 0 Å².